The Morgan fingerprint density at radius 2 is 0.722 bits per heavy atom. The van der Waals surface area contributed by atoms with Gasteiger partial charge in [-0.25, -0.2) is 4.70 Å². The molecule has 2 aromatic rings. The van der Waals surface area contributed by atoms with Crippen molar-refractivity contribution in [2.24, 2.45) is 11.8 Å². The maximum absolute atomic E-state index is 12.3. The summed E-state index contributed by atoms with van der Waals surface area (Å²) in [5, 5.41) is 0. The molecule has 2 atom stereocenters. The molecule has 0 aliphatic carbocycles. The monoisotopic (exact) mass is 1180 g/mol. The predicted molar refractivity (Wildman–Crippen MR) is 352 cm³/mol. The van der Waals surface area contributed by atoms with Gasteiger partial charge in [-0.05, 0) is 119 Å². The summed E-state index contributed by atoms with van der Waals surface area (Å²) in [5.74, 6) is 1.20. The van der Waals surface area contributed by atoms with Crippen molar-refractivity contribution in [2.45, 2.75) is 350 Å². The Morgan fingerprint density at radius 1 is 0.392 bits per heavy atom. The van der Waals surface area contributed by atoms with Crippen molar-refractivity contribution < 1.29 is 28.0 Å². The van der Waals surface area contributed by atoms with Gasteiger partial charge in [-0.15, -0.1) is 0 Å². The summed E-state index contributed by atoms with van der Waals surface area (Å²) in [5.41, 5.74) is 24.0. The molecule has 2 nitrogen and oxygen atoms in total. The fourth-order valence-corrected chi connectivity index (χ4v) is 13.0. The molecule has 3 heteroatoms. The van der Waals surface area contributed by atoms with Gasteiger partial charge in [0, 0.05) is 43.2 Å². The number of hydrogen-bond acceptors (Lipinski definition) is 0. The van der Waals surface area contributed by atoms with Crippen molar-refractivity contribution >= 4 is 11.4 Å². The topological polar surface area (TPSA) is 25.3 Å². The maximum atomic E-state index is 12.3. The Morgan fingerprint density at radius 3 is 1.06 bits per heavy atom. The molecule has 456 valence electrons. The zero-order valence-corrected chi connectivity index (χ0v) is 55.0. The van der Waals surface area contributed by atoms with Gasteiger partial charge in [0.25, 0.3) is 0 Å². The van der Waals surface area contributed by atoms with E-state index in [1.807, 2.05) is 0 Å². The maximum Gasteiger partial charge on any atom is 0.211 e. The Balaban J connectivity index is 0.0000213. The predicted octanol–water partition coefficient (Wildman–Crippen LogP) is 26.6. The van der Waals surface area contributed by atoms with Crippen molar-refractivity contribution in [1.29, 1.82) is 0 Å². The zero-order chi connectivity index (χ0) is 55.9. The summed E-state index contributed by atoms with van der Waals surface area (Å²) in [4.78, 5) is 0. The summed E-state index contributed by atoms with van der Waals surface area (Å²) < 4.78 is 1.57. The zero-order valence-electron chi connectivity index (χ0n) is 55.5. The normalized spacial score (nSPS) is 13.9. The molecule has 0 amide bonds. The molecule has 0 N–H and O–H groups in total. The summed E-state index contributed by atoms with van der Waals surface area (Å²) in [6.45, 7) is 16.3. The molecule has 0 aromatic heterocycles. The van der Waals surface area contributed by atoms with Crippen LogP contribution in [0.3, 0.4) is 0 Å². The van der Waals surface area contributed by atoms with Crippen LogP contribution in [0.4, 0.5) is 0 Å². The van der Waals surface area contributed by atoms with Gasteiger partial charge in [-0.2, -0.15) is 0 Å². The molecule has 0 bridgehead atoms. The average Bonchev–Trinajstić information content (AvgIpc) is 3.92. The molecule has 0 fully saturated rings. The van der Waals surface area contributed by atoms with E-state index >= 15 is 0 Å². The van der Waals surface area contributed by atoms with Gasteiger partial charge >= 0.3 is 0 Å². The minimum absolute atomic E-state index is 0. The molecular formula is C76H130N2Pd-2. The quantitative estimate of drug-likeness (QED) is 0.0273. The van der Waals surface area contributed by atoms with E-state index in [-0.39, 0.29) is 23.3 Å². The molecule has 0 spiro atoms. The van der Waals surface area contributed by atoms with Gasteiger partial charge in [-0.1, -0.05) is 326 Å². The number of hydrogen-bond donors (Lipinski definition) is 0. The van der Waals surface area contributed by atoms with Crippen molar-refractivity contribution in [3.63, 3.8) is 0 Å². The summed E-state index contributed by atoms with van der Waals surface area (Å²) in [6.07, 6.45) is 71.1. The molecule has 0 saturated carbocycles. The van der Waals surface area contributed by atoms with E-state index in [9.17, 15) is 5.53 Å². The first-order chi connectivity index (χ1) is 38.4. The second-order valence-corrected chi connectivity index (χ2v) is 24.8. The van der Waals surface area contributed by atoms with Crippen LogP contribution in [-0.2, 0) is 33.3 Å². The second kappa shape index (κ2) is 50.2. The summed E-state index contributed by atoms with van der Waals surface area (Å²) in [7, 11) is 0. The van der Waals surface area contributed by atoms with Crippen LogP contribution in [0.2, 0.25) is 0 Å². The smallest absolute Gasteiger partial charge is 0.211 e. The van der Waals surface area contributed by atoms with Crippen LogP contribution in [0.25, 0.3) is 16.9 Å². The van der Waals surface area contributed by atoms with E-state index < -0.39 is 0 Å². The summed E-state index contributed by atoms with van der Waals surface area (Å²) >= 11 is 0. The first-order valence-corrected chi connectivity index (χ1v) is 34.9. The van der Waals surface area contributed by atoms with Gasteiger partial charge in [0.15, 0.2) is 0 Å². The van der Waals surface area contributed by atoms with E-state index in [1.54, 1.807) is 15.8 Å². The van der Waals surface area contributed by atoms with Crippen molar-refractivity contribution in [2.75, 3.05) is 0 Å². The molecule has 2 aromatic carbocycles. The fourth-order valence-electron chi connectivity index (χ4n) is 13.0. The average molecular weight is 1180 g/mol. The minimum Gasteiger partial charge on any atom is -1.00 e. The van der Waals surface area contributed by atoms with E-state index in [0.29, 0.717) is 11.8 Å². The van der Waals surface area contributed by atoms with Crippen LogP contribution in [-0.4, -0.2) is 4.70 Å². The van der Waals surface area contributed by atoms with Crippen molar-refractivity contribution in [1.82, 2.24) is 0 Å². The molecule has 1 heterocycles. The molecule has 79 heavy (non-hydrogen) atoms. The van der Waals surface area contributed by atoms with Crippen LogP contribution in [0, 0.1) is 11.8 Å². The molecule has 0 radical (unpaired) electrons. The SMILES string of the molecule is CCCCCCCCCCCCCCCCCCC(=CC(CCC)CCc1ccccc1C1=CC(CC)=C(c2ccccc2CCC(C=C(CCC)CCCCCCCCCCCCCCCCCC)CCC)[N+]1=[N-])CCC.[H-].[H-].[Pd]. The van der Waals surface area contributed by atoms with Crippen LogP contribution in [0.15, 0.2) is 83.5 Å². The van der Waals surface area contributed by atoms with Crippen LogP contribution < -0.4 is 0 Å². The summed E-state index contributed by atoms with van der Waals surface area (Å²) in [6, 6.07) is 17.9. The Labute approximate surface area is 509 Å². The van der Waals surface area contributed by atoms with Crippen molar-refractivity contribution in [3.05, 3.63) is 111 Å². The first kappa shape index (κ1) is 72.8. The number of benzene rings is 2. The van der Waals surface area contributed by atoms with Gasteiger partial charge in [0.05, 0.1) is 0 Å². The first-order valence-electron chi connectivity index (χ1n) is 34.9. The van der Waals surface area contributed by atoms with E-state index in [1.165, 1.54) is 298 Å². The Hall–Kier alpha value is -2.34. The standard InChI is InChI=1S/C76H128N2.Pd.2H/c1-8-15-17-19-21-23-25-27-29-31-33-35-37-39-41-43-53-66(49-10-3)63-68(51-12-5)59-61-71-55-45-47-57-73(71)75-65-70(14-7)76(78(75)77)74-58-48-46-56-72(74)62-60-69(52-13-6)64-67(50-11-4)54-44-42-40-38-36-34-32-30-28-26-24-22-20-18-16-9-2;;;/h45-48,55-58,63-65,68-69H,8-44,49-54,59-62H2,1-7H3;;;/q;;2*-1. The molecule has 1 aliphatic rings. The number of rotatable bonds is 53. The minimum atomic E-state index is 0. The Bertz CT molecular complexity index is 1930. The molecule has 1 aliphatic heterocycles. The van der Waals surface area contributed by atoms with Crippen LogP contribution >= 0.6 is 0 Å². The second-order valence-electron chi connectivity index (χ2n) is 24.8. The Kier molecular flexibility index (Phi) is 46.2. The molecular weight excluding hydrogens is 1050 g/mol. The fraction of sp³-hybridized carbons (Fsp3) is 0.737. The van der Waals surface area contributed by atoms with E-state index in [2.05, 4.69) is 115 Å². The molecule has 0 saturated heterocycles. The molecule has 2 unspecified atom stereocenters. The van der Waals surface area contributed by atoms with Gasteiger partial charge in [0.1, 0.15) is 0 Å². The third-order valence-corrected chi connectivity index (χ3v) is 17.7. The van der Waals surface area contributed by atoms with Crippen LogP contribution in [0.1, 0.15) is 363 Å². The van der Waals surface area contributed by atoms with Crippen molar-refractivity contribution in [3.8, 4) is 0 Å². The number of allylic oxidation sites excluding steroid dienone is 6. The van der Waals surface area contributed by atoms with Crippen LogP contribution in [0.5, 0.6) is 0 Å². The van der Waals surface area contributed by atoms with Gasteiger partial charge in [-0.3, -0.25) is 0 Å². The largest absolute Gasteiger partial charge is 1.00 e. The number of aryl methyl sites for hydroxylation is 2. The molecule has 3 rings (SSSR count). The number of nitrogens with zero attached hydrogens (tertiary/aromatic N) is 2. The third kappa shape index (κ3) is 32.9. The van der Waals surface area contributed by atoms with E-state index in [0.717, 1.165) is 43.5 Å². The third-order valence-electron chi connectivity index (χ3n) is 17.7. The number of unbranched alkanes of at least 4 members (excludes halogenated alkanes) is 30. The van der Waals surface area contributed by atoms with Gasteiger partial charge < -0.3 is 8.38 Å². The van der Waals surface area contributed by atoms with Gasteiger partial charge in [0.2, 0.25) is 11.4 Å². The van der Waals surface area contributed by atoms with E-state index in [4.69, 9.17) is 0 Å².